The van der Waals surface area contributed by atoms with Gasteiger partial charge in [0, 0.05) is 156 Å². The Morgan fingerprint density at radius 1 is 0.462 bits per heavy atom. The van der Waals surface area contributed by atoms with E-state index in [1.165, 1.54) is 87.5 Å². The van der Waals surface area contributed by atoms with Crippen molar-refractivity contribution >= 4 is 45.0 Å². The summed E-state index contributed by atoms with van der Waals surface area (Å²) in [6.45, 7) is 22.1. The number of halogens is 13. The van der Waals surface area contributed by atoms with E-state index in [-0.39, 0.29) is 83.8 Å². The number of ether oxygens (including phenoxy) is 3. The Balaban J connectivity index is 0.000000160. The first kappa shape index (κ1) is 99.0. The SMILES string of the molecule is CC(C)S(=O)(=O)c1ccc(C(=O)N2CCC3(CC2)c2ccc(C(=O)C(C)(C)C)n2CCN3C)cc1.CN1CCn2c(C(=O)C(F)(F)F)ccc2C12CCN(C(=O)c1ccc(OCC(F)(F)F)cc1)CC2.COc1cc(C(=O)N2CCC3(CC2)N[C@H](C)Cn2c(C(F)(F)F)ccc23)ccc1OC(C)C.Cc1cc(C(=O)N2CCC3(CC2)c2ccc(C(F)(F)F)n2CCN3C)ccc1F.[HH]. The van der Waals surface area contributed by atoms with E-state index in [4.69, 9.17) is 9.47 Å². The zero-order chi connectivity index (χ0) is 96.3. The molecule has 16 rings (SSSR count). The second kappa shape index (κ2) is 37.8. The highest BCUT2D eigenvalue weighted by molar-refractivity contribution is 7.92. The molecule has 0 saturated carbocycles. The van der Waals surface area contributed by atoms with Gasteiger partial charge in [-0.2, -0.15) is 52.7 Å². The maximum Gasteiger partial charge on any atom is 0.456 e. The summed E-state index contributed by atoms with van der Waals surface area (Å²) in [6, 6.07) is 33.3. The topological polar surface area (TPSA) is 219 Å². The van der Waals surface area contributed by atoms with E-state index in [9.17, 15) is 94.3 Å². The lowest BCUT2D eigenvalue weighted by Gasteiger charge is -2.50. The highest BCUT2D eigenvalue weighted by Gasteiger charge is 2.53. The van der Waals surface area contributed by atoms with Gasteiger partial charge in [0.2, 0.25) is 0 Å². The number of carbonyl (C=O) groups is 6. The van der Waals surface area contributed by atoms with Crippen LogP contribution in [-0.4, -0.2) is 233 Å². The van der Waals surface area contributed by atoms with Gasteiger partial charge in [-0.15, -0.1) is 0 Å². The Morgan fingerprint density at radius 2 is 0.848 bits per heavy atom. The van der Waals surface area contributed by atoms with E-state index in [2.05, 4.69) is 42.4 Å². The predicted molar refractivity (Wildman–Crippen MR) is 468 cm³/mol. The van der Waals surface area contributed by atoms with E-state index in [1.807, 2.05) is 66.6 Å². The number of Topliss-reactive ketones (excluding diaryl/α,β-unsaturated/α-hetero) is 2. The van der Waals surface area contributed by atoms with Crippen molar-refractivity contribution in [2.45, 2.75) is 209 Å². The number of benzene rings is 4. The first-order chi connectivity index (χ1) is 61.8. The van der Waals surface area contributed by atoms with Gasteiger partial charge in [-0.3, -0.25) is 43.5 Å². The fraction of sp³-hybridized carbons (Fsp3) is 0.516. The van der Waals surface area contributed by atoms with Crippen LogP contribution in [0.5, 0.6) is 17.2 Å². The van der Waals surface area contributed by atoms with Gasteiger partial charge < -0.3 is 57.4 Å². The van der Waals surface area contributed by atoms with Gasteiger partial charge in [-0.05, 0) is 253 Å². The van der Waals surface area contributed by atoms with Crippen molar-refractivity contribution in [3.05, 3.63) is 213 Å². The maximum atomic E-state index is 13.5. The number of hydrogen-bond donors (Lipinski definition) is 1. The van der Waals surface area contributed by atoms with Crippen LogP contribution in [0.2, 0.25) is 0 Å². The fourth-order valence-electron chi connectivity index (χ4n) is 19.9. The number of aromatic nitrogens is 4. The molecule has 4 amide bonds. The molecule has 0 radical (unpaired) electrons. The fourth-order valence-corrected chi connectivity index (χ4v) is 21.0. The Labute approximate surface area is 760 Å². The number of nitrogens with one attached hydrogen (secondary N) is 1. The number of amides is 4. The van der Waals surface area contributed by atoms with Crippen molar-refractivity contribution in [2.75, 3.05) is 107 Å². The van der Waals surface area contributed by atoms with Crippen LogP contribution < -0.4 is 19.5 Å². The molecular weight excluding hydrogens is 1760 g/mol. The zero-order valence-electron chi connectivity index (χ0n) is 76.1. The lowest BCUT2D eigenvalue weighted by Crippen LogP contribution is -2.59. The molecule has 4 spiro atoms. The molecule has 1 atom stereocenters. The number of methoxy groups -OCH3 is 1. The minimum absolute atomic E-state index is 0. The molecule has 4 aromatic heterocycles. The monoisotopic (exact) mass is 1880 g/mol. The van der Waals surface area contributed by atoms with Gasteiger partial charge in [0.25, 0.3) is 29.4 Å². The summed E-state index contributed by atoms with van der Waals surface area (Å²) in [5.74, 6) is -1.71. The molecule has 8 aromatic rings. The molecule has 0 unspecified atom stereocenters. The molecule has 0 bridgehead atoms. The molecule has 4 fully saturated rings. The first-order valence-electron chi connectivity index (χ1n) is 44.2. The number of alkyl halides is 12. The molecule has 8 aliphatic rings. The van der Waals surface area contributed by atoms with Crippen molar-refractivity contribution in [1.82, 2.24) is 57.9 Å². The summed E-state index contributed by atoms with van der Waals surface area (Å²) < 4.78 is 217. The number of fused-ring (bicyclic) bond motifs is 8. The molecule has 4 saturated heterocycles. The minimum atomic E-state index is -4.96. The van der Waals surface area contributed by atoms with E-state index < -0.39 is 85.6 Å². The summed E-state index contributed by atoms with van der Waals surface area (Å²) in [5.41, 5.74) is 2.04. The highest BCUT2D eigenvalue weighted by Crippen LogP contribution is 2.49. The molecule has 132 heavy (non-hydrogen) atoms. The van der Waals surface area contributed by atoms with Crippen molar-refractivity contribution < 1.29 is 110 Å². The van der Waals surface area contributed by atoms with Crippen LogP contribution in [0.3, 0.4) is 0 Å². The second-order valence-electron chi connectivity index (χ2n) is 37.1. The van der Waals surface area contributed by atoms with Crippen molar-refractivity contribution in [1.29, 1.82) is 0 Å². The summed E-state index contributed by atoms with van der Waals surface area (Å²) in [4.78, 5) is 90.8. The molecule has 718 valence electrons. The number of aryl methyl sites for hydroxylation is 1. The molecule has 1 N–H and O–H groups in total. The van der Waals surface area contributed by atoms with Crippen LogP contribution in [0.25, 0.3) is 0 Å². The van der Waals surface area contributed by atoms with Crippen LogP contribution in [-0.2, 0) is 70.5 Å². The van der Waals surface area contributed by atoms with E-state index in [1.54, 1.807) is 84.0 Å². The third kappa shape index (κ3) is 20.0. The quantitative estimate of drug-likeness (QED) is 0.0838. The lowest BCUT2D eigenvalue weighted by molar-refractivity contribution is -0.153. The van der Waals surface area contributed by atoms with Gasteiger partial charge in [0.1, 0.15) is 23.0 Å². The van der Waals surface area contributed by atoms with Gasteiger partial charge in [0.05, 0.1) is 56.9 Å². The van der Waals surface area contributed by atoms with Crippen molar-refractivity contribution in [3.63, 3.8) is 0 Å². The summed E-state index contributed by atoms with van der Waals surface area (Å²) >= 11 is 0. The summed E-state index contributed by atoms with van der Waals surface area (Å²) in [7, 11) is 4.10. The van der Waals surface area contributed by atoms with Crippen LogP contribution in [0.15, 0.2) is 138 Å². The Hall–Kier alpha value is -10.5. The number of sulfone groups is 1. The average Bonchev–Trinajstić information content (AvgIpc) is 1.64. The Morgan fingerprint density at radius 3 is 1.27 bits per heavy atom. The lowest BCUT2D eigenvalue weighted by atomic mass is 9.81. The smallest absolute Gasteiger partial charge is 0.456 e. The number of likely N-dealkylation sites (tertiary alicyclic amines) is 4. The standard InChI is InChI=1S/C27H37N3O4S.C24H30F3N3O3.C23H23F6N3O3.C21H23F4N3O.H2/c1-19(2)35(33,34)21-9-7-20(8-10-21)25(32)29-15-13-27(14-16-29)23-12-11-22(24(31)26(3,4)5)30(23)18-17-28(27)6;1-15(2)33-18-6-5-17(13-19(18)32-4)22(31)29-11-9-23(10-12-29)20-7-8-21(24(25,26)27)30(20)14-16(3)28-23;1-30-12-13-32-17(19(33)23(27,28)29)6-7-18(32)21(30)8-10-31(11-9-21)20(34)15-2-4-16(5-3-15)35-14-22(24,25)26;1-14-13-15(3-4-16(14)22)19(29)27-9-7-20(8-10-27)17-5-6-18(21(23,24)25)28(17)12-11-26(20)2;/h7-12,19H,13-18H2,1-6H3;5-8,13,15-16,28H,9-12,14H2,1-4H3;2-7H,8-14H2,1H3;3-6,13H,7-12H2,1-2H3;1H/t;16-;;;/m.1.../s1. The summed E-state index contributed by atoms with van der Waals surface area (Å²) in [5, 5.41) is 3.03. The maximum absolute atomic E-state index is 13.5. The number of ketones is 2. The van der Waals surface area contributed by atoms with Gasteiger partial charge in [-0.25, -0.2) is 12.8 Å². The number of carbonyl (C=O) groups excluding carboxylic acids is 6. The van der Waals surface area contributed by atoms with Crippen LogP contribution in [0, 0.1) is 18.2 Å². The predicted octanol–water partition coefficient (Wildman–Crippen LogP) is 16.9. The molecule has 37 heteroatoms. The molecule has 12 heterocycles. The Bertz CT molecular complexity index is 5690. The zero-order valence-corrected chi connectivity index (χ0v) is 77.0. The Kier molecular flexibility index (Phi) is 28.3. The normalized spacial score (nSPS) is 19.1. The third-order valence-electron chi connectivity index (χ3n) is 27.2. The van der Waals surface area contributed by atoms with Gasteiger partial charge in [-0.1, -0.05) is 20.8 Å². The second-order valence-corrected chi connectivity index (χ2v) is 39.6. The third-order valence-corrected chi connectivity index (χ3v) is 29.4. The van der Waals surface area contributed by atoms with Crippen LogP contribution in [0.4, 0.5) is 57.1 Å². The molecule has 8 aliphatic heterocycles. The van der Waals surface area contributed by atoms with Gasteiger partial charge in [0.15, 0.2) is 33.7 Å². The number of nitrogens with zero attached hydrogens (tertiary/aromatic N) is 11. The number of piperidine rings is 4. The first-order valence-corrected chi connectivity index (χ1v) is 45.8. The largest absolute Gasteiger partial charge is 0.493 e. The van der Waals surface area contributed by atoms with Crippen molar-refractivity contribution in [3.8, 4) is 17.2 Å². The van der Waals surface area contributed by atoms with Crippen molar-refractivity contribution in [2.24, 2.45) is 5.41 Å². The van der Waals surface area contributed by atoms with Crippen LogP contribution in [0.1, 0.15) is 210 Å². The average molecular weight is 1880 g/mol. The minimum Gasteiger partial charge on any atom is -0.493 e. The molecule has 0 aliphatic carbocycles. The van der Waals surface area contributed by atoms with Crippen LogP contribution >= 0.6 is 0 Å². The van der Waals surface area contributed by atoms with Gasteiger partial charge >= 0.3 is 24.7 Å². The number of rotatable bonds is 13. The highest BCUT2D eigenvalue weighted by atomic mass is 32.2. The number of likely N-dealkylation sites (N-methyl/N-ethyl adjacent to an activating group) is 3. The molecule has 23 nitrogen and oxygen atoms in total. The van der Waals surface area contributed by atoms with E-state index in [0.717, 1.165) is 43.4 Å². The number of hydrogen-bond acceptors (Lipinski definition) is 15. The van der Waals surface area contributed by atoms with E-state index in [0.29, 0.717) is 167 Å². The molecular formula is C95H115F13N12O11S. The van der Waals surface area contributed by atoms with E-state index >= 15 is 0 Å². The summed E-state index contributed by atoms with van der Waals surface area (Å²) in [6.07, 6.45) is -13.6. The molecule has 4 aromatic carbocycles.